The molecule has 12 heavy (non-hydrogen) atoms. The summed E-state index contributed by atoms with van der Waals surface area (Å²) in [4.78, 5) is 2.11. The van der Waals surface area contributed by atoms with Crippen LogP contribution in [0.2, 0.25) is 0 Å². The van der Waals surface area contributed by atoms with Crippen LogP contribution in [0.15, 0.2) is 0 Å². The van der Waals surface area contributed by atoms with Crippen LogP contribution in [0.3, 0.4) is 0 Å². The lowest BCUT2D eigenvalue weighted by atomic mass is 9.98. The Morgan fingerprint density at radius 3 is 2.75 bits per heavy atom. The minimum atomic E-state index is 0.559. The number of hydrogen-bond acceptors (Lipinski definition) is 3. The molecule has 0 aromatic carbocycles. The summed E-state index contributed by atoms with van der Waals surface area (Å²) in [5, 5.41) is 11.8. The minimum Gasteiger partial charge on any atom is -0.317 e. The van der Waals surface area contributed by atoms with Crippen molar-refractivity contribution in [3.8, 4) is 6.07 Å². The largest absolute Gasteiger partial charge is 0.317 e. The summed E-state index contributed by atoms with van der Waals surface area (Å²) < 4.78 is 0. The van der Waals surface area contributed by atoms with Crippen molar-refractivity contribution in [2.75, 3.05) is 33.2 Å². The van der Waals surface area contributed by atoms with Gasteiger partial charge in [-0.3, -0.25) is 4.90 Å². The van der Waals surface area contributed by atoms with Gasteiger partial charge < -0.3 is 5.32 Å². The van der Waals surface area contributed by atoms with E-state index < -0.39 is 0 Å². The maximum Gasteiger partial charge on any atom is 0.0863 e. The average molecular weight is 167 g/mol. The van der Waals surface area contributed by atoms with Crippen molar-refractivity contribution in [1.82, 2.24) is 10.2 Å². The first-order chi connectivity index (χ1) is 5.83. The van der Waals surface area contributed by atoms with E-state index >= 15 is 0 Å². The second-order valence-corrected chi connectivity index (χ2v) is 3.55. The number of nitrogens with zero attached hydrogens (tertiary/aromatic N) is 2. The number of rotatable bonds is 3. The molecule has 1 fully saturated rings. The molecule has 0 amide bonds. The third kappa shape index (κ3) is 3.21. The van der Waals surface area contributed by atoms with Crippen molar-refractivity contribution < 1.29 is 0 Å². The van der Waals surface area contributed by atoms with Crippen LogP contribution in [-0.2, 0) is 0 Å². The van der Waals surface area contributed by atoms with Crippen LogP contribution in [0.4, 0.5) is 0 Å². The normalized spacial score (nSPS) is 19.4. The van der Waals surface area contributed by atoms with Gasteiger partial charge in [-0.05, 0) is 38.9 Å². The molecule has 0 aromatic heterocycles. The van der Waals surface area contributed by atoms with Gasteiger partial charge in [0.2, 0.25) is 0 Å². The highest BCUT2D eigenvalue weighted by atomic mass is 15.1. The molecule has 68 valence electrons. The molecule has 1 heterocycles. The van der Waals surface area contributed by atoms with Gasteiger partial charge in [0, 0.05) is 6.54 Å². The third-order valence-electron chi connectivity index (χ3n) is 2.37. The molecule has 0 bridgehead atoms. The summed E-state index contributed by atoms with van der Waals surface area (Å²) >= 11 is 0. The first-order valence-corrected chi connectivity index (χ1v) is 4.59. The minimum absolute atomic E-state index is 0.559. The van der Waals surface area contributed by atoms with Crippen molar-refractivity contribution in [2.45, 2.75) is 12.8 Å². The molecule has 3 nitrogen and oxygen atoms in total. The molecule has 1 rings (SSSR count). The number of nitrogens with one attached hydrogen (secondary N) is 1. The summed E-state index contributed by atoms with van der Waals surface area (Å²) in [7, 11) is 2.02. The molecule has 0 aromatic rings. The second kappa shape index (κ2) is 5.13. The van der Waals surface area contributed by atoms with Crippen LogP contribution in [-0.4, -0.2) is 38.1 Å². The Morgan fingerprint density at radius 2 is 2.17 bits per heavy atom. The van der Waals surface area contributed by atoms with Crippen molar-refractivity contribution >= 4 is 0 Å². The Morgan fingerprint density at radius 1 is 1.50 bits per heavy atom. The fourth-order valence-corrected chi connectivity index (χ4v) is 1.69. The van der Waals surface area contributed by atoms with E-state index in [0.717, 1.165) is 25.6 Å². The van der Waals surface area contributed by atoms with Gasteiger partial charge in [-0.2, -0.15) is 5.26 Å². The quantitative estimate of drug-likeness (QED) is 0.620. The number of nitriles is 1. The molecule has 1 aliphatic rings. The standard InChI is InChI=1S/C9H17N3/c1-12(7-4-10)8-9-2-5-11-6-3-9/h9,11H,2-3,5-8H2,1H3. The Bertz CT molecular complexity index is 156. The molecule has 1 N–H and O–H groups in total. The fraction of sp³-hybridized carbons (Fsp3) is 0.889. The maximum atomic E-state index is 8.46. The van der Waals surface area contributed by atoms with E-state index in [1.165, 1.54) is 12.8 Å². The van der Waals surface area contributed by atoms with Crippen LogP contribution in [0.25, 0.3) is 0 Å². The molecule has 1 saturated heterocycles. The molecule has 0 atom stereocenters. The zero-order valence-electron chi connectivity index (χ0n) is 7.71. The van der Waals surface area contributed by atoms with Crippen LogP contribution in [0.5, 0.6) is 0 Å². The monoisotopic (exact) mass is 167 g/mol. The third-order valence-corrected chi connectivity index (χ3v) is 2.37. The lowest BCUT2D eigenvalue weighted by molar-refractivity contribution is 0.258. The van der Waals surface area contributed by atoms with E-state index in [-0.39, 0.29) is 0 Å². The van der Waals surface area contributed by atoms with E-state index in [2.05, 4.69) is 16.3 Å². The Hall–Kier alpha value is -0.590. The molecule has 0 aliphatic carbocycles. The van der Waals surface area contributed by atoms with Gasteiger partial charge in [-0.25, -0.2) is 0 Å². The van der Waals surface area contributed by atoms with E-state index in [4.69, 9.17) is 5.26 Å². The van der Waals surface area contributed by atoms with Gasteiger partial charge in [-0.1, -0.05) is 0 Å². The zero-order chi connectivity index (χ0) is 8.81. The predicted octanol–water partition coefficient (Wildman–Crippen LogP) is 0.441. The SMILES string of the molecule is CN(CC#N)CC1CCNCC1. The Kier molecular flexibility index (Phi) is 4.06. The van der Waals surface area contributed by atoms with Crippen LogP contribution < -0.4 is 5.32 Å². The highest BCUT2D eigenvalue weighted by molar-refractivity contribution is 4.77. The van der Waals surface area contributed by atoms with Crippen molar-refractivity contribution in [1.29, 1.82) is 5.26 Å². The van der Waals surface area contributed by atoms with Gasteiger partial charge in [-0.15, -0.1) is 0 Å². The van der Waals surface area contributed by atoms with Crippen molar-refractivity contribution in [2.24, 2.45) is 5.92 Å². The Balaban J connectivity index is 2.16. The van der Waals surface area contributed by atoms with Gasteiger partial charge in [0.25, 0.3) is 0 Å². The smallest absolute Gasteiger partial charge is 0.0863 e. The van der Waals surface area contributed by atoms with Gasteiger partial charge in [0.05, 0.1) is 12.6 Å². The maximum absolute atomic E-state index is 8.46. The first-order valence-electron chi connectivity index (χ1n) is 4.59. The molecule has 1 aliphatic heterocycles. The number of hydrogen-bond donors (Lipinski definition) is 1. The first kappa shape index (κ1) is 9.50. The van der Waals surface area contributed by atoms with Crippen LogP contribution in [0, 0.1) is 17.2 Å². The molecule has 0 saturated carbocycles. The molecule has 3 heteroatoms. The molecule has 0 radical (unpaired) electrons. The highest BCUT2D eigenvalue weighted by Gasteiger charge is 2.14. The summed E-state index contributed by atoms with van der Waals surface area (Å²) in [6, 6.07) is 2.17. The molecular weight excluding hydrogens is 150 g/mol. The predicted molar refractivity (Wildman–Crippen MR) is 48.7 cm³/mol. The molecular formula is C9H17N3. The van der Waals surface area contributed by atoms with E-state index in [1.807, 2.05) is 7.05 Å². The highest BCUT2D eigenvalue weighted by Crippen LogP contribution is 2.11. The number of piperidine rings is 1. The van der Waals surface area contributed by atoms with E-state index in [1.54, 1.807) is 0 Å². The molecule has 0 spiro atoms. The second-order valence-electron chi connectivity index (χ2n) is 3.55. The fourth-order valence-electron chi connectivity index (χ4n) is 1.69. The van der Waals surface area contributed by atoms with Gasteiger partial charge in [0.15, 0.2) is 0 Å². The van der Waals surface area contributed by atoms with Crippen LogP contribution >= 0.6 is 0 Å². The summed E-state index contributed by atoms with van der Waals surface area (Å²) in [5.74, 6) is 0.796. The van der Waals surface area contributed by atoms with Gasteiger partial charge >= 0.3 is 0 Å². The van der Waals surface area contributed by atoms with E-state index in [9.17, 15) is 0 Å². The summed E-state index contributed by atoms with van der Waals surface area (Å²) in [5.41, 5.74) is 0. The summed E-state index contributed by atoms with van der Waals surface area (Å²) in [6.07, 6.45) is 2.52. The van der Waals surface area contributed by atoms with E-state index in [0.29, 0.717) is 6.54 Å². The van der Waals surface area contributed by atoms with Crippen LogP contribution in [0.1, 0.15) is 12.8 Å². The lowest BCUT2D eigenvalue weighted by Crippen LogP contribution is -2.34. The average Bonchev–Trinajstić information content (AvgIpc) is 2.06. The summed E-state index contributed by atoms with van der Waals surface area (Å²) in [6.45, 7) is 3.93. The van der Waals surface area contributed by atoms with Crippen molar-refractivity contribution in [3.63, 3.8) is 0 Å². The van der Waals surface area contributed by atoms with Crippen molar-refractivity contribution in [3.05, 3.63) is 0 Å². The molecule has 0 unspecified atom stereocenters. The topological polar surface area (TPSA) is 39.1 Å². The Labute approximate surface area is 74.4 Å². The van der Waals surface area contributed by atoms with Gasteiger partial charge in [0.1, 0.15) is 0 Å². The lowest BCUT2D eigenvalue weighted by Gasteiger charge is -2.26. The zero-order valence-corrected chi connectivity index (χ0v) is 7.71.